The molecule has 0 heterocycles. The summed E-state index contributed by atoms with van der Waals surface area (Å²) in [7, 11) is -0.561. The third kappa shape index (κ3) is 3.42. The minimum absolute atomic E-state index is 0.561. The summed E-state index contributed by atoms with van der Waals surface area (Å²) in [5.74, 6) is 0. The SMILES string of the molecule is CSC(=S)[S+](C)C(O)O. The zero-order valence-electron chi connectivity index (χ0n) is 5.20. The van der Waals surface area contributed by atoms with Crippen LogP contribution in [0.4, 0.5) is 0 Å². The highest BCUT2D eigenvalue weighted by molar-refractivity contribution is 8.45. The summed E-state index contributed by atoms with van der Waals surface area (Å²) in [4.78, 5) is 0. The Hall–Kier alpha value is 0.710. The standard InChI is InChI=1S/C4H9O2S3/c1-8-4(7)9(2)3(5)6/h3,5-6H,1-2H3/q+1. The normalized spacial score (nSPS) is 13.9. The Morgan fingerprint density at radius 2 is 2.11 bits per heavy atom. The van der Waals surface area contributed by atoms with Gasteiger partial charge in [0.05, 0.1) is 10.9 Å². The molecule has 5 heteroatoms. The molecule has 0 aromatic carbocycles. The van der Waals surface area contributed by atoms with Crippen molar-refractivity contribution in [3.63, 3.8) is 0 Å². The van der Waals surface area contributed by atoms with Crippen LogP contribution in [0.25, 0.3) is 0 Å². The molecule has 0 aliphatic carbocycles. The predicted octanol–water partition coefficient (Wildman–Crippen LogP) is 0.151. The van der Waals surface area contributed by atoms with Crippen LogP contribution in [0.1, 0.15) is 0 Å². The van der Waals surface area contributed by atoms with Crippen LogP contribution in [0.15, 0.2) is 0 Å². The van der Waals surface area contributed by atoms with E-state index >= 15 is 0 Å². The molecule has 0 rings (SSSR count). The molecule has 0 saturated heterocycles. The van der Waals surface area contributed by atoms with E-state index in [9.17, 15) is 0 Å². The predicted molar refractivity (Wildman–Crippen MR) is 47.6 cm³/mol. The van der Waals surface area contributed by atoms with Gasteiger partial charge in [-0.1, -0.05) is 11.8 Å². The molecule has 0 aromatic heterocycles. The quantitative estimate of drug-likeness (QED) is 0.347. The highest BCUT2D eigenvalue weighted by atomic mass is 32.3. The molecule has 0 aliphatic heterocycles. The highest BCUT2D eigenvalue weighted by Gasteiger charge is 2.25. The molecule has 0 radical (unpaired) electrons. The van der Waals surface area contributed by atoms with Crippen LogP contribution in [0.5, 0.6) is 0 Å². The molecule has 0 saturated carbocycles. The molecular formula is C4H9O2S3+. The van der Waals surface area contributed by atoms with E-state index in [1.54, 1.807) is 6.26 Å². The van der Waals surface area contributed by atoms with Crippen LogP contribution in [0.3, 0.4) is 0 Å². The molecule has 0 aromatic rings. The van der Waals surface area contributed by atoms with E-state index in [-0.39, 0.29) is 0 Å². The van der Waals surface area contributed by atoms with Crippen molar-refractivity contribution in [3.05, 3.63) is 0 Å². The van der Waals surface area contributed by atoms with Crippen LogP contribution >= 0.6 is 24.0 Å². The summed E-state index contributed by atoms with van der Waals surface area (Å²) in [6, 6.07) is 0. The number of aliphatic hydroxyl groups excluding tert-OH is 1. The molecule has 0 spiro atoms. The number of hydrogen-bond acceptors (Lipinski definition) is 4. The Labute approximate surface area is 67.0 Å². The van der Waals surface area contributed by atoms with Crippen molar-refractivity contribution >= 4 is 38.4 Å². The first-order chi connectivity index (χ1) is 4.09. The molecule has 0 aliphatic rings. The van der Waals surface area contributed by atoms with Crippen molar-refractivity contribution < 1.29 is 10.2 Å². The molecular weight excluding hydrogens is 176 g/mol. The van der Waals surface area contributed by atoms with Gasteiger partial charge in [0.15, 0.2) is 0 Å². The summed E-state index contributed by atoms with van der Waals surface area (Å²) in [5.41, 5.74) is -1.29. The van der Waals surface area contributed by atoms with Crippen LogP contribution in [0, 0.1) is 0 Å². The van der Waals surface area contributed by atoms with Gasteiger partial charge in [0.2, 0.25) is 0 Å². The smallest absolute Gasteiger partial charge is 0.327 e. The first-order valence-electron chi connectivity index (χ1n) is 2.18. The average Bonchev–Trinajstić information content (AvgIpc) is 1.84. The topological polar surface area (TPSA) is 40.5 Å². The van der Waals surface area contributed by atoms with Crippen LogP contribution in [-0.4, -0.2) is 31.9 Å². The van der Waals surface area contributed by atoms with Gasteiger partial charge < -0.3 is 10.2 Å². The second-order valence-corrected chi connectivity index (χ2v) is 5.28. The maximum absolute atomic E-state index is 8.59. The van der Waals surface area contributed by atoms with Gasteiger partial charge in [-0.25, -0.2) is 0 Å². The van der Waals surface area contributed by atoms with Gasteiger partial charge in [-0.05, 0) is 18.5 Å². The van der Waals surface area contributed by atoms with Gasteiger partial charge in [0.25, 0.3) is 3.53 Å². The van der Waals surface area contributed by atoms with Crippen molar-refractivity contribution in [3.8, 4) is 0 Å². The number of rotatable bonds is 1. The van der Waals surface area contributed by atoms with Crippen molar-refractivity contribution in [2.75, 3.05) is 12.5 Å². The molecule has 2 nitrogen and oxygen atoms in total. The zero-order valence-corrected chi connectivity index (χ0v) is 7.65. The van der Waals surface area contributed by atoms with Crippen molar-refractivity contribution in [1.29, 1.82) is 0 Å². The van der Waals surface area contributed by atoms with Crippen molar-refractivity contribution in [2.24, 2.45) is 0 Å². The number of thioether (sulfide) groups is 1. The Morgan fingerprint density at radius 1 is 1.67 bits per heavy atom. The lowest BCUT2D eigenvalue weighted by molar-refractivity contribution is 0.0388. The maximum atomic E-state index is 8.59. The maximum Gasteiger partial charge on any atom is 0.331 e. The molecule has 0 fully saturated rings. The van der Waals surface area contributed by atoms with Crippen molar-refractivity contribution in [2.45, 2.75) is 5.62 Å². The molecule has 9 heavy (non-hydrogen) atoms. The van der Waals surface area contributed by atoms with Gasteiger partial charge >= 0.3 is 5.62 Å². The lowest BCUT2D eigenvalue weighted by Crippen LogP contribution is -2.23. The number of hydrogen-bond donors (Lipinski definition) is 2. The lowest BCUT2D eigenvalue weighted by Gasteiger charge is -2.00. The van der Waals surface area contributed by atoms with E-state index in [2.05, 4.69) is 0 Å². The zero-order chi connectivity index (χ0) is 7.44. The molecule has 54 valence electrons. The van der Waals surface area contributed by atoms with E-state index in [0.717, 1.165) is 0 Å². The summed E-state index contributed by atoms with van der Waals surface area (Å²) in [6.45, 7) is 0. The minimum atomic E-state index is -1.29. The third-order valence-corrected chi connectivity index (χ3v) is 4.81. The van der Waals surface area contributed by atoms with E-state index in [4.69, 9.17) is 22.4 Å². The monoisotopic (exact) mass is 185 g/mol. The molecule has 1 unspecified atom stereocenters. The molecule has 1 atom stereocenters. The van der Waals surface area contributed by atoms with Gasteiger partial charge in [0, 0.05) is 0 Å². The highest BCUT2D eigenvalue weighted by Crippen LogP contribution is 2.10. The van der Waals surface area contributed by atoms with Gasteiger partial charge in [0.1, 0.15) is 6.26 Å². The van der Waals surface area contributed by atoms with E-state index in [1.165, 1.54) is 11.8 Å². The first-order valence-corrected chi connectivity index (χ1v) is 5.51. The number of aliphatic hydroxyl groups is 2. The average molecular weight is 185 g/mol. The first kappa shape index (κ1) is 9.71. The van der Waals surface area contributed by atoms with Crippen LogP contribution in [-0.2, 0) is 10.9 Å². The summed E-state index contributed by atoms with van der Waals surface area (Å²) in [5, 5.41) is 17.2. The molecule has 0 amide bonds. The van der Waals surface area contributed by atoms with Crippen molar-refractivity contribution in [1.82, 2.24) is 0 Å². The summed E-state index contributed by atoms with van der Waals surface area (Å²) >= 11 is 6.19. The third-order valence-electron chi connectivity index (χ3n) is 0.746. The molecule has 0 bridgehead atoms. The Bertz CT molecular complexity index is 104. The summed E-state index contributed by atoms with van der Waals surface area (Å²) < 4.78 is 0.657. The fraction of sp³-hybridized carbons (Fsp3) is 0.750. The second-order valence-electron chi connectivity index (χ2n) is 1.34. The lowest BCUT2D eigenvalue weighted by atomic mass is 11.5. The molecule has 2 N–H and O–H groups in total. The van der Waals surface area contributed by atoms with E-state index in [0.29, 0.717) is 3.53 Å². The van der Waals surface area contributed by atoms with Gasteiger partial charge in [-0.3, -0.25) is 0 Å². The van der Waals surface area contributed by atoms with Crippen LogP contribution < -0.4 is 0 Å². The fourth-order valence-electron chi connectivity index (χ4n) is 0.218. The van der Waals surface area contributed by atoms with Crippen LogP contribution in [0.2, 0.25) is 0 Å². The number of thiocarbonyl (C=S) groups is 1. The van der Waals surface area contributed by atoms with E-state index < -0.39 is 16.5 Å². The van der Waals surface area contributed by atoms with Gasteiger partial charge in [-0.2, -0.15) is 0 Å². The fourth-order valence-corrected chi connectivity index (χ4v) is 1.96. The Kier molecular flexibility index (Phi) is 4.87. The van der Waals surface area contributed by atoms with E-state index in [1.807, 2.05) is 6.26 Å². The Morgan fingerprint density at radius 3 is 2.22 bits per heavy atom. The summed E-state index contributed by atoms with van der Waals surface area (Å²) in [6.07, 6.45) is 3.54. The minimum Gasteiger partial charge on any atom is -0.327 e. The second kappa shape index (κ2) is 4.51. The largest absolute Gasteiger partial charge is 0.331 e. The Balaban J connectivity index is 3.72. The van der Waals surface area contributed by atoms with Gasteiger partial charge in [-0.15, -0.1) is 0 Å².